The monoisotopic (exact) mass is 405 g/mol. The molecule has 1 saturated heterocycles. The molecule has 2 aliphatic rings. The van der Waals surface area contributed by atoms with Crippen molar-refractivity contribution in [2.75, 3.05) is 13.1 Å². The number of hydrogen-bond donors (Lipinski definition) is 0. The van der Waals surface area contributed by atoms with Crippen molar-refractivity contribution in [1.29, 1.82) is 0 Å². The highest BCUT2D eigenvalue weighted by Gasteiger charge is 2.46. The minimum absolute atomic E-state index is 0.283. The highest BCUT2D eigenvalue weighted by atomic mass is 32.2. The van der Waals surface area contributed by atoms with E-state index in [9.17, 15) is 18.0 Å². The standard InChI is InChI=1S/C18H23N5O4S/c1-12-19-9-13-5-7-18(15(13)20-12)6-4-8-23(11-18)28(26,27)14-10-21(2)17(25)22(3)16(14)24/h9-10H,4-8,11H2,1-3H3. The molecule has 1 atom stereocenters. The highest BCUT2D eigenvalue weighted by molar-refractivity contribution is 7.89. The van der Waals surface area contributed by atoms with Crippen LogP contribution in [0.1, 0.15) is 36.3 Å². The van der Waals surface area contributed by atoms with Gasteiger partial charge in [-0.2, -0.15) is 4.31 Å². The molecule has 0 bridgehead atoms. The molecule has 28 heavy (non-hydrogen) atoms. The van der Waals surface area contributed by atoms with Gasteiger partial charge in [0.15, 0.2) is 4.90 Å². The van der Waals surface area contributed by atoms with Crippen molar-refractivity contribution in [2.24, 2.45) is 14.1 Å². The molecule has 1 aliphatic carbocycles. The molecule has 1 spiro atoms. The van der Waals surface area contributed by atoms with E-state index in [1.165, 1.54) is 18.4 Å². The zero-order valence-electron chi connectivity index (χ0n) is 16.2. The van der Waals surface area contributed by atoms with Crippen molar-refractivity contribution in [2.45, 2.75) is 42.9 Å². The van der Waals surface area contributed by atoms with Gasteiger partial charge in [0, 0.05) is 45.0 Å². The fraction of sp³-hybridized carbons (Fsp3) is 0.556. The Balaban J connectivity index is 1.77. The summed E-state index contributed by atoms with van der Waals surface area (Å²) in [5.41, 5.74) is 0.306. The van der Waals surface area contributed by atoms with E-state index in [1.54, 1.807) is 0 Å². The van der Waals surface area contributed by atoms with Gasteiger partial charge < -0.3 is 4.57 Å². The number of rotatable bonds is 2. The van der Waals surface area contributed by atoms with Crippen molar-refractivity contribution in [3.63, 3.8) is 0 Å². The van der Waals surface area contributed by atoms with Gasteiger partial charge in [-0.1, -0.05) is 0 Å². The second-order valence-corrected chi connectivity index (χ2v) is 9.67. The lowest BCUT2D eigenvalue weighted by Gasteiger charge is -2.39. The lowest BCUT2D eigenvalue weighted by molar-refractivity contribution is 0.219. The summed E-state index contributed by atoms with van der Waals surface area (Å²) in [5, 5.41) is 0. The molecule has 1 unspecified atom stereocenters. The SMILES string of the molecule is Cc1ncc2c(n1)C1(CCCN(S(=O)(=O)c3cn(C)c(=O)n(C)c3=O)C1)CC2. The van der Waals surface area contributed by atoms with E-state index in [0.29, 0.717) is 18.8 Å². The third-order valence-corrected chi connectivity index (χ3v) is 7.76. The van der Waals surface area contributed by atoms with Crippen molar-refractivity contribution in [3.05, 3.63) is 50.3 Å². The zero-order valence-corrected chi connectivity index (χ0v) is 17.0. The first-order valence-corrected chi connectivity index (χ1v) is 10.7. The van der Waals surface area contributed by atoms with E-state index < -0.39 is 21.3 Å². The van der Waals surface area contributed by atoms with E-state index >= 15 is 0 Å². The van der Waals surface area contributed by atoms with Gasteiger partial charge in [-0.25, -0.2) is 23.2 Å². The van der Waals surface area contributed by atoms with E-state index in [4.69, 9.17) is 0 Å². The number of piperidine rings is 1. The molecule has 2 aromatic heterocycles. The molecule has 2 aromatic rings. The quantitative estimate of drug-likeness (QED) is 0.688. The normalized spacial score (nSPS) is 22.5. The van der Waals surface area contributed by atoms with Crippen LogP contribution in [0.2, 0.25) is 0 Å². The van der Waals surface area contributed by atoms with Crippen LogP contribution in [0.15, 0.2) is 26.9 Å². The van der Waals surface area contributed by atoms with Crippen LogP contribution in [0.4, 0.5) is 0 Å². The molecule has 1 fully saturated rings. The van der Waals surface area contributed by atoms with E-state index in [2.05, 4.69) is 9.97 Å². The Hall–Kier alpha value is -2.33. The maximum absolute atomic E-state index is 13.3. The lowest BCUT2D eigenvalue weighted by Crippen LogP contribution is -2.50. The average molecular weight is 405 g/mol. The van der Waals surface area contributed by atoms with Gasteiger partial charge in [-0.15, -0.1) is 0 Å². The molecule has 0 aromatic carbocycles. The molecule has 0 radical (unpaired) electrons. The average Bonchev–Trinajstić information content (AvgIpc) is 3.00. The molecule has 3 heterocycles. The topological polar surface area (TPSA) is 107 Å². The van der Waals surface area contributed by atoms with Crippen LogP contribution >= 0.6 is 0 Å². The Bertz CT molecular complexity index is 1180. The molecule has 0 N–H and O–H groups in total. The molecule has 1 aliphatic heterocycles. The van der Waals surface area contributed by atoms with Crippen LogP contribution in [0, 0.1) is 6.92 Å². The first-order chi connectivity index (χ1) is 13.2. The predicted octanol–water partition coefficient (Wildman–Crippen LogP) is -0.149. The molecule has 150 valence electrons. The van der Waals surface area contributed by atoms with Gasteiger partial charge >= 0.3 is 5.69 Å². The van der Waals surface area contributed by atoms with Crippen LogP contribution < -0.4 is 11.2 Å². The Morgan fingerprint density at radius 3 is 2.68 bits per heavy atom. The van der Waals surface area contributed by atoms with Gasteiger partial charge in [0.1, 0.15) is 5.82 Å². The number of nitrogens with zero attached hydrogens (tertiary/aromatic N) is 5. The van der Waals surface area contributed by atoms with Crippen LogP contribution in [-0.2, 0) is 36.0 Å². The molecular weight excluding hydrogens is 382 g/mol. The third kappa shape index (κ3) is 2.74. The second kappa shape index (κ2) is 6.35. The number of hydrogen-bond acceptors (Lipinski definition) is 6. The fourth-order valence-corrected chi connectivity index (χ4v) is 6.13. The van der Waals surface area contributed by atoms with Gasteiger partial charge in [0.25, 0.3) is 5.56 Å². The summed E-state index contributed by atoms with van der Waals surface area (Å²) in [7, 11) is -1.31. The molecule has 0 saturated carbocycles. The lowest BCUT2D eigenvalue weighted by atomic mass is 9.78. The van der Waals surface area contributed by atoms with E-state index in [0.717, 1.165) is 45.9 Å². The Labute approximate surface area is 162 Å². The van der Waals surface area contributed by atoms with Crippen molar-refractivity contribution < 1.29 is 8.42 Å². The van der Waals surface area contributed by atoms with Crippen LogP contribution in [0.5, 0.6) is 0 Å². The molecule has 9 nitrogen and oxygen atoms in total. The summed E-state index contributed by atoms with van der Waals surface area (Å²) in [6.07, 6.45) is 6.14. The number of fused-ring (bicyclic) bond motifs is 2. The number of aromatic nitrogens is 4. The third-order valence-electron chi connectivity index (χ3n) is 5.93. The summed E-state index contributed by atoms with van der Waals surface area (Å²) in [4.78, 5) is 33.0. The summed E-state index contributed by atoms with van der Waals surface area (Å²) in [6.45, 7) is 2.46. The summed E-state index contributed by atoms with van der Waals surface area (Å²) >= 11 is 0. The van der Waals surface area contributed by atoms with Gasteiger partial charge in [0.05, 0.1) is 5.69 Å². The van der Waals surface area contributed by atoms with Crippen molar-refractivity contribution in [1.82, 2.24) is 23.4 Å². The first kappa shape index (κ1) is 19.0. The number of sulfonamides is 1. The first-order valence-electron chi connectivity index (χ1n) is 9.25. The Morgan fingerprint density at radius 1 is 1.18 bits per heavy atom. The van der Waals surface area contributed by atoms with Crippen LogP contribution in [0.3, 0.4) is 0 Å². The maximum atomic E-state index is 13.3. The largest absolute Gasteiger partial charge is 0.330 e. The highest BCUT2D eigenvalue weighted by Crippen LogP contribution is 2.44. The zero-order chi connectivity index (χ0) is 20.3. The van der Waals surface area contributed by atoms with Crippen LogP contribution in [-0.4, -0.2) is 44.9 Å². The molecule has 0 amide bonds. The smallest absolute Gasteiger partial charge is 0.302 e. The minimum atomic E-state index is -4.03. The second-order valence-electron chi connectivity index (χ2n) is 7.76. The Kier molecular flexibility index (Phi) is 4.31. The maximum Gasteiger partial charge on any atom is 0.330 e. The van der Waals surface area contributed by atoms with Crippen molar-refractivity contribution >= 4 is 10.0 Å². The predicted molar refractivity (Wildman–Crippen MR) is 102 cm³/mol. The van der Waals surface area contributed by atoms with Gasteiger partial charge in [0.2, 0.25) is 10.0 Å². The van der Waals surface area contributed by atoms with Crippen LogP contribution in [0.25, 0.3) is 0 Å². The summed E-state index contributed by atoms with van der Waals surface area (Å²) in [5.74, 6) is 0.673. The molecule has 4 rings (SSSR count). The van der Waals surface area contributed by atoms with E-state index in [1.807, 2.05) is 13.1 Å². The fourth-order valence-electron chi connectivity index (χ4n) is 4.41. The van der Waals surface area contributed by atoms with Gasteiger partial charge in [-0.3, -0.25) is 9.36 Å². The van der Waals surface area contributed by atoms with Gasteiger partial charge in [-0.05, 0) is 38.2 Å². The van der Waals surface area contributed by atoms with Crippen molar-refractivity contribution in [3.8, 4) is 0 Å². The number of aryl methyl sites for hydroxylation is 3. The molecule has 10 heteroatoms. The Morgan fingerprint density at radius 2 is 1.93 bits per heavy atom. The minimum Gasteiger partial charge on any atom is -0.302 e. The molecular formula is C18H23N5O4S. The van der Waals surface area contributed by atoms with E-state index in [-0.39, 0.29) is 16.9 Å². The summed E-state index contributed by atoms with van der Waals surface area (Å²) in [6, 6.07) is 0. The summed E-state index contributed by atoms with van der Waals surface area (Å²) < 4.78 is 29.9.